The van der Waals surface area contributed by atoms with Crippen LogP contribution in [-0.2, 0) is 4.74 Å². The van der Waals surface area contributed by atoms with Crippen molar-refractivity contribution in [1.82, 2.24) is 4.90 Å². The van der Waals surface area contributed by atoms with Crippen LogP contribution < -0.4 is 15.2 Å². The molecule has 5 nitrogen and oxygen atoms in total. The van der Waals surface area contributed by atoms with Crippen LogP contribution in [0.5, 0.6) is 5.75 Å². The first-order valence-corrected chi connectivity index (χ1v) is 17.7. The largest absolute Gasteiger partial charge is 0.483 e. The summed E-state index contributed by atoms with van der Waals surface area (Å²) < 4.78 is 51.4. The van der Waals surface area contributed by atoms with Crippen LogP contribution >= 0.6 is 11.6 Å². The average molecular weight is 674 g/mol. The average Bonchev–Trinajstić information content (AvgIpc) is 3.90. The van der Waals surface area contributed by atoms with Gasteiger partial charge in [-0.2, -0.15) is 13.2 Å². The molecule has 3 unspecified atom stereocenters. The lowest BCUT2D eigenvalue weighted by Crippen LogP contribution is -2.36. The van der Waals surface area contributed by atoms with Crippen molar-refractivity contribution in [2.75, 3.05) is 26.4 Å². The number of alkyl halides is 3. The molecule has 0 aromatic heterocycles. The van der Waals surface area contributed by atoms with Gasteiger partial charge in [0.05, 0.1) is 5.56 Å². The van der Waals surface area contributed by atoms with Crippen LogP contribution in [-0.4, -0.2) is 55.0 Å². The molecule has 0 amide bonds. The van der Waals surface area contributed by atoms with Crippen molar-refractivity contribution >= 4 is 35.4 Å². The van der Waals surface area contributed by atoms with E-state index in [1.165, 1.54) is 12.8 Å². The minimum absolute atomic E-state index is 0.0161. The highest BCUT2D eigenvalue weighted by Crippen LogP contribution is 2.32. The predicted molar refractivity (Wildman–Crippen MR) is 179 cm³/mol. The topological polar surface area (TPSA) is 55.8 Å². The van der Waals surface area contributed by atoms with Crippen LogP contribution in [0.1, 0.15) is 105 Å². The standard InChI is InChI=1S/C38H47ClF3NO4/c1-26-9-13-29-17-20-33(35(44)8-3-2-4-21-46-24-28-10-11-28)37(47-25-38(40,41)42)34(29)23-43(26)22-27-6-5-7-30(14-12-27)36(45)31-15-18-32(39)19-16-31/h13,15-20,23,26-28,30H,2-12,14,21-22,24-25H2,1H3. The first-order chi connectivity index (χ1) is 22.6. The van der Waals surface area contributed by atoms with Gasteiger partial charge in [0.15, 0.2) is 18.2 Å². The van der Waals surface area contributed by atoms with E-state index >= 15 is 0 Å². The first-order valence-electron chi connectivity index (χ1n) is 17.3. The van der Waals surface area contributed by atoms with Gasteiger partial charge in [-0.1, -0.05) is 36.6 Å². The molecule has 9 heteroatoms. The van der Waals surface area contributed by atoms with Crippen molar-refractivity contribution in [2.24, 2.45) is 17.8 Å². The van der Waals surface area contributed by atoms with E-state index in [1.54, 1.807) is 30.3 Å². The van der Waals surface area contributed by atoms with Crippen molar-refractivity contribution in [3.8, 4) is 5.75 Å². The van der Waals surface area contributed by atoms with Gasteiger partial charge in [-0.3, -0.25) is 9.59 Å². The number of Topliss-reactive ketones (excluding diaryl/α,β-unsaturated/α-hetero) is 2. The van der Waals surface area contributed by atoms with Crippen molar-refractivity contribution in [2.45, 2.75) is 96.2 Å². The molecule has 0 bridgehead atoms. The van der Waals surface area contributed by atoms with Crippen LogP contribution in [0.25, 0.3) is 12.3 Å². The third kappa shape index (κ3) is 10.6. The highest BCUT2D eigenvalue weighted by atomic mass is 35.5. The van der Waals surface area contributed by atoms with E-state index in [2.05, 4.69) is 11.8 Å². The molecule has 2 aromatic carbocycles. The van der Waals surface area contributed by atoms with Crippen molar-refractivity contribution in [3.63, 3.8) is 0 Å². The maximum Gasteiger partial charge on any atom is 0.422 e. The summed E-state index contributed by atoms with van der Waals surface area (Å²) in [6.07, 6.45) is 9.58. The van der Waals surface area contributed by atoms with Gasteiger partial charge in [0.1, 0.15) is 5.75 Å². The second-order valence-corrected chi connectivity index (χ2v) is 14.1. The number of unbranched alkanes of at least 4 members (excludes halogenated alkanes) is 2. The van der Waals surface area contributed by atoms with Gasteiger partial charge in [0.2, 0.25) is 0 Å². The second-order valence-electron chi connectivity index (χ2n) is 13.7. The van der Waals surface area contributed by atoms with Gasteiger partial charge < -0.3 is 14.4 Å². The number of carbonyl (C=O) groups is 2. The Balaban J connectivity index is 1.29. The molecule has 2 fully saturated rings. The lowest BCUT2D eigenvalue weighted by atomic mass is 9.90. The number of halogens is 4. The van der Waals surface area contributed by atoms with Gasteiger partial charge in [-0.15, -0.1) is 0 Å². The molecule has 256 valence electrons. The number of hydrogen-bond donors (Lipinski definition) is 0. The van der Waals surface area contributed by atoms with E-state index in [0.29, 0.717) is 47.1 Å². The summed E-state index contributed by atoms with van der Waals surface area (Å²) in [6, 6.07) is 10.6. The zero-order chi connectivity index (χ0) is 33.4. The maximum atomic E-state index is 13.4. The number of carbonyl (C=O) groups excluding carboxylic acids is 2. The third-order valence-corrected chi connectivity index (χ3v) is 10.0. The third-order valence-electron chi connectivity index (χ3n) is 9.75. The van der Waals surface area contributed by atoms with E-state index in [1.807, 2.05) is 18.3 Å². The summed E-state index contributed by atoms with van der Waals surface area (Å²) in [6.45, 7) is 2.84. The molecular formula is C38H47ClF3NO4. The highest BCUT2D eigenvalue weighted by molar-refractivity contribution is 6.30. The van der Waals surface area contributed by atoms with Crippen molar-refractivity contribution in [3.05, 3.63) is 63.0 Å². The van der Waals surface area contributed by atoms with Gasteiger partial charge in [0.25, 0.3) is 0 Å². The molecule has 0 spiro atoms. The van der Waals surface area contributed by atoms with Crippen LogP contribution in [0.15, 0.2) is 36.4 Å². The Kier molecular flexibility index (Phi) is 12.5. The van der Waals surface area contributed by atoms with E-state index < -0.39 is 12.8 Å². The Bertz CT molecular complexity index is 1490. The highest BCUT2D eigenvalue weighted by Gasteiger charge is 2.31. The second kappa shape index (κ2) is 16.5. The smallest absolute Gasteiger partial charge is 0.422 e. The zero-order valence-corrected chi connectivity index (χ0v) is 28.1. The molecule has 47 heavy (non-hydrogen) atoms. The minimum Gasteiger partial charge on any atom is -0.483 e. The Morgan fingerprint density at radius 3 is 2.45 bits per heavy atom. The Morgan fingerprint density at radius 2 is 1.70 bits per heavy atom. The fourth-order valence-electron chi connectivity index (χ4n) is 6.72. The molecule has 0 radical (unpaired) electrons. The van der Waals surface area contributed by atoms with Crippen molar-refractivity contribution in [1.29, 1.82) is 0 Å². The van der Waals surface area contributed by atoms with Crippen LogP contribution in [0.2, 0.25) is 5.02 Å². The molecule has 5 rings (SSSR count). The summed E-state index contributed by atoms with van der Waals surface area (Å²) >= 11 is 6.02. The zero-order valence-electron chi connectivity index (χ0n) is 27.3. The fourth-order valence-corrected chi connectivity index (χ4v) is 6.85. The van der Waals surface area contributed by atoms with E-state index in [9.17, 15) is 22.8 Å². The van der Waals surface area contributed by atoms with E-state index in [4.69, 9.17) is 21.1 Å². The minimum atomic E-state index is -4.54. The number of fused-ring (bicyclic) bond motifs is 1. The molecule has 0 N–H and O–H groups in total. The Labute approximate surface area is 281 Å². The molecule has 0 saturated heterocycles. The molecule has 1 heterocycles. The molecule has 2 aliphatic carbocycles. The summed E-state index contributed by atoms with van der Waals surface area (Å²) in [4.78, 5) is 28.8. The normalized spacial score (nSPS) is 21.6. The Morgan fingerprint density at radius 1 is 0.936 bits per heavy atom. The fraction of sp³-hybridized carbons (Fsp3) is 0.579. The number of rotatable bonds is 15. The number of ketones is 2. The lowest BCUT2D eigenvalue weighted by molar-refractivity contribution is -0.153. The SMILES string of the molecule is CC1CC=c2ccc(C(=O)CCCCCOCC3CC3)c(OCC(F)(F)F)c2=CN1CC1CCCC(C(=O)c2ccc(Cl)cc2)CC1. The first kappa shape index (κ1) is 35.5. The predicted octanol–water partition coefficient (Wildman–Crippen LogP) is 8.14. The van der Waals surface area contributed by atoms with Gasteiger partial charge in [-0.05, 0) is 112 Å². The van der Waals surface area contributed by atoms with Gasteiger partial charge in [0, 0.05) is 60.1 Å². The van der Waals surface area contributed by atoms with Gasteiger partial charge in [-0.25, -0.2) is 0 Å². The van der Waals surface area contributed by atoms with Crippen LogP contribution in [0.4, 0.5) is 13.2 Å². The summed E-state index contributed by atoms with van der Waals surface area (Å²) in [5, 5.41) is 1.91. The summed E-state index contributed by atoms with van der Waals surface area (Å²) in [5.41, 5.74) is 0.893. The van der Waals surface area contributed by atoms with Crippen LogP contribution in [0, 0.1) is 17.8 Å². The molecule has 3 atom stereocenters. The van der Waals surface area contributed by atoms with Crippen molar-refractivity contribution < 1.29 is 32.2 Å². The quantitative estimate of drug-likeness (QED) is 0.109. The number of hydrogen-bond acceptors (Lipinski definition) is 5. The van der Waals surface area contributed by atoms with E-state index in [0.717, 1.165) is 63.3 Å². The molecule has 2 aromatic rings. The number of ether oxygens (including phenoxy) is 2. The molecule has 1 aliphatic heterocycles. The number of benzene rings is 2. The molecule has 3 aliphatic rings. The summed E-state index contributed by atoms with van der Waals surface area (Å²) in [5.74, 6) is 0.974. The molecule has 2 saturated carbocycles. The monoisotopic (exact) mass is 673 g/mol. The molecular weight excluding hydrogens is 627 g/mol. The van der Waals surface area contributed by atoms with Crippen LogP contribution in [0.3, 0.4) is 0 Å². The van der Waals surface area contributed by atoms with E-state index in [-0.39, 0.29) is 41.3 Å². The Hall–Kier alpha value is -2.84. The summed E-state index contributed by atoms with van der Waals surface area (Å²) in [7, 11) is 0. The number of nitrogens with zero attached hydrogens (tertiary/aromatic N) is 1. The lowest BCUT2D eigenvalue weighted by Gasteiger charge is -2.30. The van der Waals surface area contributed by atoms with Gasteiger partial charge >= 0.3 is 6.18 Å². The maximum absolute atomic E-state index is 13.4.